The van der Waals surface area contributed by atoms with E-state index in [1.165, 1.54) is 0 Å². The summed E-state index contributed by atoms with van der Waals surface area (Å²) in [5, 5.41) is 11.0. The quantitative estimate of drug-likeness (QED) is 0.787. The number of carbonyl (C=O) groups excluding carboxylic acids is 3. The van der Waals surface area contributed by atoms with Crippen molar-refractivity contribution in [2.24, 2.45) is 11.8 Å². The van der Waals surface area contributed by atoms with Gasteiger partial charge < -0.3 is 9.84 Å². The van der Waals surface area contributed by atoms with E-state index in [9.17, 15) is 19.5 Å². The number of rotatable bonds is 5. The Kier molecular flexibility index (Phi) is 5.05. The van der Waals surface area contributed by atoms with Gasteiger partial charge in [-0.25, -0.2) is 0 Å². The minimum Gasteiger partial charge on any atom is -0.460 e. The highest BCUT2D eigenvalue weighted by atomic mass is 16.5. The van der Waals surface area contributed by atoms with E-state index in [1.807, 2.05) is 13.8 Å². The number of carbonyl (C=O) groups is 3. The molecule has 0 unspecified atom stereocenters. The van der Waals surface area contributed by atoms with Crippen LogP contribution in [0.2, 0.25) is 0 Å². The van der Waals surface area contributed by atoms with Crippen LogP contribution in [-0.2, 0) is 19.1 Å². The maximum Gasteiger partial charge on any atom is 0.293 e. The molecule has 1 N–H and O–H groups in total. The highest BCUT2D eigenvalue weighted by Gasteiger charge is 2.58. The third-order valence-corrected chi connectivity index (χ3v) is 5.72. The van der Waals surface area contributed by atoms with Crippen molar-refractivity contribution in [3.63, 3.8) is 0 Å². The van der Waals surface area contributed by atoms with E-state index in [2.05, 4.69) is 0 Å². The van der Waals surface area contributed by atoms with E-state index >= 15 is 0 Å². The Labute approximate surface area is 131 Å². The van der Waals surface area contributed by atoms with Crippen LogP contribution in [-0.4, -0.2) is 34.3 Å². The summed E-state index contributed by atoms with van der Waals surface area (Å²) in [5.41, 5.74) is -2.11. The SMILES string of the molecule is CC[C@]1(O)CCCC(=O)[C@H]1[C@@H]1C(=O)CCC[C@]1(CC)OC=O. The smallest absolute Gasteiger partial charge is 0.293 e. The normalized spacial score (nSPS) is 39.6. The van der Waals surface area contributed by atoms with E-state index in [0.29, 0.717) is 57.8 Å². The minimum absolute atomic E-state index is 0.0536. The molecule has 2 aliphatic rings. The summed E-state index contributed by atoms with van der Waals surface area (Å²) in [6, 6.07) is 0. The van der Waals surface area contributed by atoms with E-state index in [0.717, 1.165) is 0 Å². The molecular weight excluding hydrogens is 284 g/mol. The molecule has 2 fully saturated rings. The summed E-state index contributed by atoms with van der Waals surface area (Å²) in [5.74, 6) is -1.58. The second-order valence-electron chi connectivity index (χ2n) is 6.68. The van der Waals surface area contributed by atoms with Gasteiger partial charge in [0, 0.05) is 12.8 Å². The van der Waals surface area contributed by atoms with Crippen molar-refractivity contribution in [3.8, 4) is 0 Å². The summed E-state index contributed by atoms with van der Waals surface area (Å²) < 4.78 is 5.38. The van der Waals surface area contributed by atoms with E-state index < -0.39 is 23.0 Å². The molecule has 0 amide bonds. The van der Waals surface area contributed by atoms with Crippen LogP contribution in [0.4, 0.5) is 0 Å². The molecule has 2 aliphatic carbocycles. The molecule has 0 aromatic carbocycles. The first kappa shape index (κ1) is 17.1. The summed E-state index contributed by atoms with van der Waals surface area (Å²) in [7, 11) is 0. The Hall–Kier alpha value is -1.23. The summed E-state index contributed by atoms with van der Waals surface area (Å²) in [6.07, 6.45) is 4.07. The molecule has 0 heterocycles. The third-order valence-electron chi connectivity index (χ3n) is 5.72. The van der Waals surface area contributed by atoms with Crippen LogP contribution < -0.4 is 0 Å². The van der Waals surface area contributed by atoms with Crippen molar-refractivity contribution < 1.29 is 24.2 Å². The lowest BCUT2D eigenvalue weighted by molar-refractivity contribution is -0.184. The van der Waals surface area contributed by atoms with E-state index in [1.54, 1.807) is 0 Å². The van der Waals surface area contributed by atoms with Gasteiger partial charge in [-0.15, -0.1) is 0 Å². The molecule has 0 bridgehead atoms. The summed E-state index contributed by atoms with van der Waals surface area (Å²) in [4.78, 5) is 36.2. The molecule has 2 saturated carbocycles. The van der Waals surface area contributed by atoms with Crippen molar-refractivity contribution in [2.75, 3.05) is 0 Å². The zero-order valence-corrected chi connectivity index (χ0v) is 13.5. The van der Waals surface area contributed by atoms with Gasteiger partial charge in [-0.2, -0.15) is 0 Å². The summed E-state index contributed by atoms with van der Waals surface area (Å²) >= 11 is 0. The molecule has 0 aromatic rings. The first-order chi connectivity index (χ1) is 10.4. The lowest BCUT2D eigenvalue weighted by Crippen LogP contribution is -2.60. The van der Waals surface area contributed by atoms with Crippen LogP contribution in [0.15, 0.2) is 0 Å². The number of ether oxygens (including phenoxy) is 1. The van der Waals surface area contributed by atoms with Gasteiger partial charge in [0.15, 0.2) is 0 Å². The molecule has 0 aliphatic heterocycles. The maximum absolute atomic E-state index is 12.6. The molecule has 124 valence electrons. The van der Waals surface area contributed by atoms with E-state index in [-0.39, 0.29) is 11.6 Å². The standard InChI is InChI=1S/C17H26O5/c1-3-16(21)9-5-7-12(19)14(16)15-13(20)8-6-10-17(15,4-2)22-11-18/h11,14-15,21H,3-10H2,1-2H3/t14-,15-,16-,17-/m0/s1. The molecule has 0 radical (unpaired) electrons. The number of ketones is 2. The zero-order valence-electron chi connectivity index (χ0n) is 13.5. The molecule has 0 aromatic heterocycles. The summed E-state index contributed by atoms with van der Waals surface area (Å²) in [6.45, 7) is 4.09. The number of aliphatic hydroxyl groups is 1. The second-order valence-corrected chi connectivity index (χ2v) is 6.68. The zero-order chi connectivity index (χ0) is 16.4. The fourth-order valence-electron chi connectivity index (χ4n) is 4.44. The first-order valence-electron chi connectivity index (χ1n) is 8.33. The fraction of sp³-hybridized carbons (Fsp3) is 0.824. The molecule has 0 saturated heterocycles. The Morgan fingerprint density at radius 2 is 1.68 bits per heavy atom. The molecule has 2 rings (SSSR count). The van der Waals surface area contributed by atoms with Crippen LogP contribution in [0.1, 0.15) is 65.2 Å². The molecule has 22 heavy (non-hydrogen) atoms. The highest BCUT2D eigenvalue weighted by molar-refractivity contribution is 5.92. The maximum atomic E-state index is 12.6. The Morgan fingerprint density at radius 1 is 1.09 bits per heavy atom. The number of hydrogen-bond acceptors (Lipinski definition) is 5. The van der Waals surface area contributed by atoms with Gasteiger partial charge in [0.2, 0.25) is 0 Å². The predicted octanol–water partition coefficient (Wildman–Crippen LogP) is 2.19. The van der Waals surface area contributed by atoms with Crippen molar-refractivity contribution in [1.82, 2.24) is 0 Å². The fourth-order valence-corrected chi connectivity index (χ4v) is 4.44. The van der Waals surface area contributed by atoms with Crippen molar-refractivity contribution in [2.45, 2.75) is 76.4 Å². The van der Waals surface area contributed by atoms with Gasteiger partial charge in [-0.1, -0.05) is 13.8 Å². The topological polar surface area (TPSA) is 80.7 Å². The van der Waals surface area contributed by atoms with Gasteiger partial charge in [0.05, 0.1) is 17.4 Å². The van der Waals surface area contributed by atoms with Gasteiger partial charge in [0.1, 0.15) is 17.2 Å². The average molecular weight is 310 g/mol. The molecule has 4 atom stereocenters. The average Bonchev–Trinajstić information content (AvgIpc) is 2.50. The molecular formula is C17H26O5. The minimum atomic E-state index is -1.17. The lowest BCUT2D eigenvalue weighted by Gasteiger charge is -2.50. The van der Waals surface area contributed by atoms with Gasteiger partial charge in [0.25, 0.3) is 6.47 Å². The van der Waals surface area contributed by atoms with Gasteiger partial charge >= 0.3 is 0 Å². The first-order valence-corrected chi connectivity index (χ1v) is 8.33. The highest BCUT2D eigenvalue weighted by Crippen LogP contribution is 2.48. The van der Waals surface area contributed by atoms with Crippen molar-refractivity contribution >= 4 is 18.0 Å². The number of hydrogen-bond donors (Lipinski definition) is 1. The van der Waals surface area contributed by atoms with Crippen molar-refractivity contribution in [3.05, 3.63) is 0 Å². The van der Waals surface area contributed by atoms with Crippen LogP contribution in [0.25, 0.3) is 0 Å². The predicted molar refractivity (Wildman–Crippen MR) is 80.1 cm³/mol. The Bertz CT molecular complexity index is 460. The molecule has 5 nitrogen and oxygen atoms in total. The Morgan fingerprint density at radius 3 is 2.23 bits per heavy atom. The van der Waals surface area contributed by atoms with Crippen LogP contribution in [0.5, 0.6) is 0 Å². The van der Waals surface area contributed by atoms with E-state index in [4.69, 9.17) is 4.74 Å². The molecule has 0 spiro atoms. The number of Topliss-reactive ketones (excluding diaryl/α,β-unsaturated/α-hetero) is 2. The Balaban J connectivity index is 2.48. The van der Waals surface area contributed by atoms with Crippen molar-refractivity contribution in [1.29, 1.82) is 0 Å². The van der Waals surface area contributed by atoms with Gasteiger partial charge in [-0.3, -0.25) is 14.4 Å². The van der Waals surface area contributed by atoms with Crippen LogP contribution in [0.3, 0.4) is 0 Å². The molecule has 5 heteroatoms. The lowest BCUT2D eigenvalue weighted by atomic mass is 9.58. The van der Waals surface area contributed by atoms with Crippen LogP contribution in [0, 0.1) is 11.8 Å². The second kappa shape index (κ2) is 6.49. The van der Waals surface area contributed by atoms with Gasteiger partial charge in [-0.05, 0) is 38.5 Å². The monoisotopic (exact) mass is 310 g/mol. The van der Waals surface area contributed by atoms with Crippen LogP contribution >= 0.6 is 0 Å². The third kappa shape index (κ3) is 2.71. The largest absolute Gasteiger partial charge is 0.460 e.